The molecule has 0 unspecified atom stereocenters. The van der Waals surface area contributed by atoms with E-state index in [2.05, 4.69) is 14.9 Å². The Kier molecular flexibility index (Phi) is 2.87. The second-order valence-electron chi connectivity index (χ2n) is 2.42. The van der Waals surface area contributed by atoms with Gasteiger partial charge >= 0.3 is 5.97 Å². The van der Waals surface area contributed by atoms with E-state index in [-0.39, 0.29) is 12.1 Å². The fraction of sp³-hybridized carbons (Fsp3) is 0.333. The van der Waals surface area contributed by atoms with Gasteiger partial charge in [0.1, 0.15) is 5.56 Å². The van der Waals surface area contributed by atoms with E-state index in [9.17, 15) is 13.2 Å². The molecular formula is C6H9N3O4S. The third kappa shape index (κ3) is 1.91. The normalized spacial score (nSPS) is 11.5. The minimum atomic E-state index is -3.79. The molecule has 0 aliphatic heterocycles. The van der Waals surface area contributed by atoms with Gasteiger partial charge in [-0.2, -0.15) is 5.10 Å². The van der Waals surface area contributed by atoms with E-state index in [4.69, 9.17) is 5.11 Å². The summed E-state index contributed by atoms with van der Waals surface area (Å²) in [6.07, 6.45) is 0.951. The Morgan fingerprint density at radius 2 is 2.36 bits per heavy atom. The van der Waals surface area contributed by atoms with Gasteiger partial charge in [-0.05, 0) is 0 Å². The van der Waals surface area contributed by atoms with Gasteiger partial charge in [0.25, 0.3) is 10.0 Å². The van der Waals surface area contributed by atoms with Crippen LogP contribution in [0.25, 0.3) is 0 Å². The van der Waals surface area contributed by atoms with E-state index >= 15 is 0 Å². The van der Waals surface area contributed by atoms with Gasteiger partial charge in [-0.25, -0.2) is 17.9 Å². The standard InChI is InChI=1S/C6H9N3O4S/c1-2-8-14(12,13)5-4(6(10)11)3-7-9-5/h3,8H,2H2,1H3,(H,7,9)(H,10,11). The second kappa shape index (κ2) is 3.76. The van der Waals surface area contributed by atoms with Crippen molar-refractivity contribution in [3.63, 3.8) is 0 Å². The highest BCUT2D eigenvalue weighted by Crippen LogP contribution is 2.10. The van der Waals surface area contributed by atoms with E-state index in [1.54, 1.807) is 6.92 Å². The number of rotatable bonds is 4. The van der Waals surface area contributed by atoms with Gasteiger partial charge in [0.15, 0.2) is 5.03 Å². The monoisotopic (exact) mass is 219 g/mol. The van der Waals surface area contributed by atoms with Gasteiger partial charge < -0.3 is 5.11 Å². The maximum Gasteiger partial charge on any atom is 0.340 e. The van der Waals surface area contributed by atoms with Crippen LogP contribution < -0.4 is 4.72 Å². The lowest BCUT2D eigenvalue weighted by molar-refractivity contribution is 0.0692. The summed E-state index contributed by atoms with van der Waals surface area (Å²) >= 11 is 0. The zero-order valence-corrected chi connectivity index (χ0v) is 8.13. The molecule has 0 bridgehead atoms. The number of nitrogens with zero attached hydrogens (tertiary/aromatic N) is 1. The number of hydrogen-bond donors (Lipinski definition) is 3. The Morgan fingerprint density at radius 3 is 2.86 bits per heavy atom. The highest BCUT2D eigenvalue weighted by molar-refractivity contribution is 7.89. The number of carboxylic acids is 1. The summed E-state index contributed by atoms with van der Waals surface area (Å²) in [4.78, 5) is 10.6. The van der Waals surface area contributed by atoms with E-state index in [0.29, 0.717) is 0 Å². The molecule has 3 N–H and O–H groups in total. The van der Waals surface area contributed by atoms with Crippen LogP contribution in [0.1, 0.15) is 17.3 Å². The molecule has 0 spiro atoms. The number of sulfonamides is 1. The second-order valence-corrected chi connectivity index (χ2v) is 4.12. The highest BCUT2D eigenvalue weighted by atomic mass is 32.2. The van der Waals surface area contributed by atoms with Gasteiger partial charge in [0.2, 0.25) is 0 Å². The molecule has 0 saturated heterocycles. The minimum Gasteiger partial charge on any atom is -0.478 e. The first-order chi connectivity index (χ1) is 6.49. The van der Waals surface area contributed by atoms with Crippen LogP contribution in [-0.4, -0.2) is 36.2 Å². The molecule has 0 fully saturated rings. The fourth-order valence-corrected chi connectivity index (χ4v) is 2.02. The summed E-state index contributed by atoms with van der Waals surface area (Å²) in [6, 6.07) is 0. The van der Waals surface area contributed by atoms with Crippen LogP contribution in [-0.2, 0) is 10.0 Å². The van der Waals surface area contributed by atoms with Crippen molar-refractivity contribution in [1.29, 1.82) is 0 Å². The number of aromatic nitrogens is 2. The van der Waals surface area contributed by atoms with Crippen LogP contribution in [0.4, 0.5) is 0 Å². The number of aromatic carboxylic acids is 1. The van der Waals surface area contributed by atoms with Crippen molar-refractivity contribution in [2.24, 2.45) is 0 Å². The molecule has 14 heavy (non-hydrogen) atoms. The lowest BCUT2D eigenvalue weighted by atomic mass is 10.4. The molecule has 0 aliphatic rings. The van der Waals surface area contributed by atoms with Crippen LogP contribution in [0.2, 0.25) is 0 Å². The predicted molar refractivity (Wildman–Crippen MR) is 46.4 cm³/mol. The highest BCUT2D eigenvalue weighted by Gasteiger charge is 2.23. The molecule has 0 aliphatic carbocycles. The Morgan fingerprint density at radius 1 is 1.71 bits per heavy atom. The maximum atomic E-state index is 11.4. The number of nitrogens with one attached hydrogen (secondary N) is 2. The molecule has 1 aromatic heterocycles. The smallest absolute Gasteiger partial charge is 0.340 e. The molecular weight excluding hydrogens is 210 g/mol. The van der Waals surface area contributed by atoms with Crippen molar-refractivity contribution >= 4 is 16.0 Å². The first kappa shape index (κ1) is 10.7. The summed E-state index contributed by atoms with van der Waals surface area (Å²) < 4.78 is 24.9. The van der Waals surface area contributed by atoms with Crippen LogP contribution >= 0.6 is 0 Å². The van der Waals surface area contributed by atoms with Crippen LogP contribution in [0.5, 0.6) is 0 Å². The lowest BCUT2D eigenvalue weighted by Gasteiger charge is -2.01. The van der Waals surface area contributed by atoms with Crippen molar-refractivity contribution in [2.75, 3.05) is 6.54 Å². The van der Waals surface area contributed by atoms with Crippen molar-refractivity contribution in [3.05, 3.63) is 11.8 Å². The quantitative estimate of drug-likeness (QED) is 0.626. The van der Waals surface area contributed by atoms with Crippen molar-refractivity contribution in [2.45, 2.75) is 11.9 Å². The Balaban J connectivity index is 3.19. The number of carboxylic acid groups (broad SMARTS) is 1. The zero-order chi connectivity index (χ0) is 10.8. The van der Waals surface area contributed by atoms with E-state index in [1.807, 2.05) is 0 Å². The summed E-state index contributed by atoms with van der Waals surface area (Å²) in [5, 5.41) is 13.7. The zero-order valence-electron chi connectivity index (χ0n) is 7.31. The molecule has 0 aromatic carbocycles. The lowest BCUT2D eigenvalue weighted by Crippen LogP contribution is -2.25. The fourth-order valence-electron chi connectivity index (χ4n) is 0.894. The number of carbonyl (C=O) groups is 1. The number of hydrogen-bond acceptors (Lipinski definition) is 4. The Labute approximate surface area is 80.2 Å². The van der Waals surface area contributed by atoms with Crippen molar-refractivity contribution in [3.8, 4) is 0 Å². The van der Waals surface area contributed by atoms with Crippen LogP contribution in [0.3, 0.4) is 0 Å². The van der Waals surface area contributed by atoms with Crippen LogP contribution in [0, 0.1) is 0 Å². The molecule has 1 aromatic rings. The van der Waals surface area contributed by atoms with Crippen LogP contribution in [0.15, 0.2) is 11.2 Å². The molecule has 0 saturated carbocycles. The van der Waals surface area contributed by atoms with Gasteiger partial charge in [-0.3, -0.25) is 5.10 Å². The van der Waals surface area contributed by atoms with Gasteiger partial charge in [-0.1, -0.05) is 6.92 Å². The number of H-pyrrole nitrogens is 1. The number of aromatic amines is 1. The van der Waals surface area contributed by atoms with Gasteiger partial charge in [-0.15, -0.1) is 0 Å². The average molecular weight is 219 g/mol. The molecule has 0 amide bonds. The molecule has 8 heteroatoms. The largest absolute Gasteiger partial charge is 0.478 e. The SMILES string of the molecule is CCNS(=O)(=O)c1[nH]ncc1C(=O)O. The molecule has 78 valence electrons. The minimum absolute atomic E-state index is 0.181. The summed E-state index contributed by atoms with van der Waals surface area (Å²) in [6.45, 7) is 1.77. The summed E-state index contributed by atoms with van der Waals surface area (Å²) in [5.74, 6) is -1.34. The molecule has 0 radical (unpaired) electrons. The molecule has 1 heterocycles. The average Bonchev–Trinajstić information content (AvgIpc) is 2.51. The maximum absolute atomic E-state index is 11.4. The Bertz CT molecular complexity index is 436. The summed E-state index contributed by atoms with van der Waals surface area (Å²) in [5.41, 5.74) is -0.369. The van der Waals surface area contributed by atoms with Gasteiger partial charge in [0.05, 0.1) is 6.20 Å². The molecule has 7 nitrogen and oxygen atoms in total. The van der Waals surface area contributed by atoms with Crippen molar-refractivity contribution < 1.29 is 18.3 Å². The van der Waals surface area contributed by atoms with Crippen molar-refractivity contribution in [1.82, 2.24) is 14.9 Å². The molecule has 1 rings (SSSR count). The predicted octanol–water partition coefficient (Wildman–Crippen LogP) is -0.594. The first-order valence-electron chi connectivity index (χ1n) is 3.75. The third-order valence-corrected chi connectivity index (χ3v) is 2.96. The Hall–Kier alpha value is -1.41. The summed E-state index contributed by atoms with van der Waals surface area (Å²) in [7, 11) is -3.79. The first-order valence-corrected chi connectivity index (χ1v) is 5.23. The van der Waals surface area contributed by atoms with Gasteiger partial charge in [0, 0.05) is 6.54 Å². The van der Waals surface area contributed by atoms with E-state index in [0.717, 1.165) is 6.20 Å². The third-order valence-electron chi connectivity index (χ3n) is 1.44. The topological polar surface area (TPSA) is 112 Å². The van der Waals surface area contributed by atoms with E-state index < -0.39 is 21.0 Å². The van der Waals surface area contributed by atoms with E-state index in [1.165, 1.54) is 0 Å². The molecule has 0 atom stereocenters.